The Labute approximate surface area is 107 Å². The lowest BCUT2D eigenvalue weighted by atomic mass is 9.91. The van der Waals surface area contributed by atoms with Gasteiger partial charge in [0.15, 0.2) is 0 Å². The second kappa shape index (κ2) is 4.98. The summed E-state index contributed by atoms with van der Waals surface area (Å²) < 4.78 is 4.46. The second-order valence-electron chi connectivity index (χ2n) is 3.91. The lowest BCUT2D eigenvalue weighted by molar-refractivity contribution is -0.394. The van der Waals surface area contributed by atoms with Crippen LogP contribution in [0.15, 0.2) is 18.2 Å². The van der Waals surface area contributed by atoms with Crippen molar-refractivity contribution in [2.24, 2.45) is 5.73 Å². The fraction of sp³-hybridized carbons (Fsp3) is 0.300. The number of non-ortho nitro benzene ring substituents is 1. The molecular formula is C10H11N3O6. The molecule has 0 fully saturated rings. The molecule has 0 spiro atoms. The van der Waals surface area contributed by atoms with Crippen LogP contribution in [-0.4, -0.2) is 22.9 Å². The van der Waals surface area contributed by atoms with Crippen LogP contribution in [0.25, 0.3) is 0 Å². The number of nitro benzene ring substituents is 2. The van der Waals surface area contributed by atoms with Gasteiger partial charge in [-0.3, -0.25) is 20.2 Å². The van der Waals surface area contributed by atoms with Gasteiger partial charge in [-0.05, 0) is 13.0 Å². The maximum atomic E-state index is 11.5. The quantitative estimate of drug-likeness (QED) is 0.485. The molecule has 1 aromatic rings. The molecule has 19 heavy (non-hydrogen) atoms. The number of hydrogen-bond donors (Lipinski definition) is 1. The van der Waals surface area contributed by atoms with Crippen LogP contribution < -0.4 is 5.73 Å². The highest BCUT2D eigenvalue weighted by Gasteiger charge is 2.38. The second-order valence-corrected chi connectivity index (χ2v) is 3.91. The van der Waals surface area contributed by atoms with E-state index in [2.05, 4.69) is 4.74 Å². The van der Waals surface area contributed by atoms with Gasteiger partial charge in [0.05, 0.1) is 28.6 Å². The number of nitrogens with zero attached hydrogens (tertiary/aromatic N) is 2. The number of esters is 1. The molecule has 0 radical (unpaired) electrons. The molecule has 0 saturated heterocycles. The number of rotatable bonds is 4. The Morgan fingerprint density at radius 2 is 1.89 bits per heavy atom. The summed E-state index contributed by atoms with van der Waals surface area (Å²) in [6, 6.07) is 2.87. The summed E-state index contributed by atoms with van der Waals surface area (Å²) in [7, 11) is 1.09. The van der Waals surface area contributed by atoms with Gasteiger partial charge in [-0.2, -0.15) is 0 Å². The Bertz CT molecular complexity index is 554. The van der Waals surface area contributed by atoms with Crippen LogP contribution in [0.5, 0.6) is 0 Å². The number of nitro groups is 2. The van der Waals surface area contributed by atoms with Crippen LogP contribution >= 0.6 is 0 Å². The SMILES string of the molecule is COC(=O)C(C)(N)c1ccc([N+](=O)[O-])cc1[N+](=O)[O-]. The van der Waals surface area contributed by atoms with Crippen molar-refractivity contribution in [2.45, 2.75) is 12.5 Å². The number of carbonyl (C=O) groups excluding carboxylic acids is 1. The molecule has 1 rings (SSSR count). The fourth-order valence-corrected chi connectivity index (χ4v) is 1.55. The first-order valence-electron chi connectivity index (χ1n) is 5.02. The average Bonchev–Trinajstić information content (AvgIpc) is 2.36. The van der Waals surface area contributed by atoms with Gasteiger partial charge in [0, 0.05) is 6.07 Å². The molecule has 0 aliphatic heterocycles. The van der Waals surface area contributed by atoms with E-state index in [0.29, 0.717) is 0 Å². The Morgan fingerprint density at radius 3 is 2.32 bits per heavy atom. The third-order valence-corrected chi connectivity index (χ3v) is 2.56. The summed E-state index contributed by atoms with van der Waals surface area (Å²) in [4.78, 5) is 31.4. The standard InChI is InChI=1S/C10H11N3O6/c1-10(11,9(14)19-2)7-4-3-6(12(15)16)5-8(7)13(17)18/h3-5H,11H2,1-2H3. The van der Waals surface area contributed by atoms with Gasteiger partial charge in [-0.1, -0.05) is 0 Å². The number of benzene rings is 1. The van der Waals surface area contributed by atoms with Crippen LogP contribution in [0.3, 0.4) is 0 Å². The molecule has 0 aromatic heterocycles. The van der Waals surface area contributed by atoms with Crippen molar-refractivity contribution in [1.29, 1.82) is 0 Å². The monoisotopic (exact) mass is 269 g/mol. The number of ether oxygens (including phenoxy) is 1. The Hall–Kier alpha value is -2.55. The number of nitrogens with two attached hydrogens (primary N) is 1. The van der Waals surface area contributed by atoms with Crippen LogP contribution in [0.1, 0.15) is 12.5 Å². The third-order valence-electron chi connectivity index (χ3n) is 2.56. The van der Waals surface area contributed by atoms with Crippen LogP contribution in [0, 0.1) is 20.2 Å². The molecule has 1 unspecified atom stereocenters. The zero-order valence-corrected chi connectivity index (χ0v) is 10.2. The maximum Gasteiger partial charge on any atom is 0.330 e. The molecular weight excluding hydrogens is 258 g/mol. The van der Waals surface area contributed by atoms with Crippen molar-refractivity contribution in [1.82, 2.24) is 0 Å². The lowest BCUT2D eigenvalue weighted by Gasteiger charge is -2.21. The third kappa shape index (κ3) is 2.65. The Kier molecular flexibility index (Phi) is 3.80. The van der Waals surface area contributed by atoms with Crippen molar-refractivity contribution in [3.05, 3.63) is 44.0 Å². The molecule has 9 heteroatoms. The molecule has 0 bridgehead atoms. The minimum Gasteiger partial charge on any atom is -0.467 e. The van der Waals surface area contributed by atoms with E-state index in [0.717, 1.165) is 25.3 Å². The molecule has 0 saturated carbocycles. The molecule has 102 valence electrons. The first-order chi connectivity index (χ1) is 8.71. The van der Waals surface area contributed by atoms with Gasteiger partial charge in [0.25, 0.3) is 11.4 Å². The molecule has 1 aromatic carbocycles. The van der Waals surface area contributed by atoms with E-state index < -0.39 is 32.7 Å². The summed E-state index contributed by atoms with van der Waals surface area (Å²) in [5, 5.41) is 21.5. The Balaban J connectivity index is 3.48. The first kappa shape index (κ1) is 14.5. The highest BCUT2D eigenvalue weighted by atomic mass is 16.6. The molecule has 0 aliphatic rings. The fourth-order valence-electron chi connectivity index (χ4n) is 1.55. The molecule has 0 aliphatic carbocycles. The molecule has 0 amide bonds. The van der Waals surface area contributed by atoms with E-state index in [1.165, 1.54) is 6.92 Å². The van der Waals surface area contributed by atoms with Gasteiger partial charge >= 0.3 is 5.97 Å². The minimum absolute atomic E-state index is 0.157. The summed E-state index contributed by atoms with van der Waals surface area (Å²) in [5.74, 6) is -0.885. The van der Waals surface area contributed by atoms with E-state index in [1.807, 2.05) is 0 Å². The number of methoxy groups -OCH3 is 1. The van der Waals surface area contributed by atoms with Crippen molar-refractivity contribution < 1.29 is 19.4 Å². The van der Waals surface area contributed by atoms with E-state index >= 15 is 0 Å². The highest BCUT2D eigenvalue weighted by molar-refractivity contribution is 5.83. The van der Waals surface area contributed by atoms with Gasteiger partial charge in [0.1, 0.15) is 5.54 Å². The molecule has 2 N–H and O–H groups in total. The van der Waals surface area contributed by atoms with Crippen LogP contribution in [-0.2, 0) is 15.1 Å². The van der Waals surface area contributed by atoms with Crippen LogP contribution in [0.2, 0.25) is 0 Å². The van der Waals surface area contributed by atoms with Gasteiger partial charge in [-0.25, -0.2) is 4.79 Å². The summed E-state index contributed by atoms with van der Waals surface area (Å²) in [6.07, 6.45) is 0. The lowest BCUT2D eigenvalue weighted by Crippen LogP contribution is -2.43. The summed E-state index contributed by atoms with van der Waals surface area (Å²) >= 11 is 0. The minimum atomic E-state index is -1.77. The molecule has 9 nitrogen and oxygen atoms in total. The van der Waals surface area contributed by atoms with Gasteiger partial charge in [-0.15, -0.1) is 0 Å². The first-order valence-corrected chi connectivity index (χ1v) is 5.02. The van der Waals surface area contributed by atoms with E-state index in [-0.39, 0.29) is 5.56 Å². The van der Waals surface area contributed by atoms with Gasteiger partial charge in [0.2, 0.25) is 0 Å². The zero-order valence-electron chi connectivity index (χ0n) is 10.2. The van der Waals surface area contributed by atoms with E-state index in [4.69, 9.17) is 5.73 Å². The summed E-state index contributed by atoms with van der Waals surface area (Å²) in [6.45, 7) is 1.23. The van der Waals surface area contributed by atoms with Crippen molar-refractivity contribution >= 4 is 17.3 Å². The normalized spacial score (nSPS) is 13.4. The van der Waals surface area contributed by atoms with Crippen molar-refractivity contribution in [3.8, 4) is 0 Å². The highest BCUT2D eigenvalue weighted by Crippen LogP contribution is 2.32. The number of hydrogen-bond acceptors (Lipinski definition) is 7. The van der Waals surface area contributed by atoms with Crippen molar-refractivity contribution in [2.75, 3.05) is 7.11 Å². The zero-order chi connectivity index (χ0) is 14.8. The topological polar surface area (TPSA) is 139 Å². The smallest absolute Gasteiger partial charge is 0.330 e. The van der Waals surface area contributed by atoms with Gasteiger partial charge < -0.3 is 10.5 Å². The van der Waals surface area contributed by atoms with Crippen LogP contribution in [0.4, 0.5) is 11.4 Å². The average molecular weight is 269 g/mol. The Morgan fingerprint density at radius 1 is 1.32 bits per heavy atom. The predicted molar refractivity (Wildman–Crippen MR) is 63.3 cm³/mol. The van der Waals surface area contributed by atoms with E-state index in [9.17, 15) is 25.0 Å². The van der Waals surface area contributed by atoms with Crippen molar-refractivity contribution in [3.63, 3.8) is 0 Å². The van der Waals surface area contributed by atoms with E-state index in [1.54, 1.807) is 0 Å². The summed E-state index contributed by atoms with van der Waals surface area (Å²) in [5.41, 5.74) is 2.71. The molecule has 0 heterocycles. The maximum absolute atomic E-state index is 11.5. The number of carbonyl (C=O) groups is 1. The largest absolute Gasteiger partial charge is 0.467 e. The molecule has 1 atom stereocenters. The predicted octanol–water partition coefficient (Wildman–Crippen LogP) is 0.850.